The average molecular weight is 457 g/mol. The maximum absolute atomic E-state index is 12.5. The Hall–Kier alpha value is -4.58. The van der Waals surface area contributed by atoms with Crippen LogP contribution in [0, 0.1) is 11.3 Å². The maximum Gasteiger partial charge on any atom is 0.340 e. The number of nitrogens with one attached hydrogen (secondary N) is 1. The van der Waals surface area contributed by atoms with E-state index in [4.69, 9.17) is 10.5 Å². The molecule has 2 aromatic carbocycles. The molecule has 0 aliphatic rings. The number of fused-ring (bicyclic) bond motifs is 1. The Balaban J connectivity index is 1.38. The van der Waals surface area contributed by atoms with Crippen molar-refractivity contribution in [2.24, 2.45) is 0 Å². The van der Waals surface area contributed by atoms with Crippen LogP contribution >= 0.6 is 0 Å². The van der Waals surface area contributed by atoms with Crippen LogP contribution in [0.4, 0.5) is 5.82 Å². The van der Waals surface area contributed by atoms with Gasteiger partial charge in [-0.1, -0.05) is 36.4 Å². The lowest BCUT2D eigenvalue weighted by Crippen LogP contribution is -2.28. The van der Waals surface area contributed by atoms with Crippen LogP contribution in [0.2, 0.25) is 0 Å². The Kier molecular flexibility index (Phi) is 6.59. The fourth-order valence-corrected chi connectivity index (χ4v) is 3.89. The van der Waals surface area contributed by atoms with E-state index in [1.807, 2.05) is 54.6 Å². The van der Waals surface area contributed by atoms with E-state index < -0.39 is 5.97 Å². The number of esters is 1. The molecule has 9 heteroatoms. The summed E-state index contributed by atoms with van der Waals surface area (Å²) in [5, 5.41) is 17.6. The number of aryl methyl sites for hydroxylation is 1. The van der Waals surface area contributed by atoms with Crippen molar-refractivity contribution in [1.29, 1.82) is 5.26 Å². The average Bonchev–Trinajstić information content (AvgIpc) is 3.39. The molecule has 0 fully saturated rings. The molecule has 9 nitrogen and oxygen atoms in total. The zero-order valence-electron chi connectivity index (χ0n) is 18.7. The first kappa shape index (κ1) is 22.6. The molecule has 2 aromatic heterocycles. The molecule has 0 aliphatic carbocycles. The standard InChI is InChI=1S/C25H24N6O3/c1-34-25(33)20-15-30(22-12-6-5-10-18(20)22)16-23(32)28-13-7-11-21-19(14-26)24(27)31(29-21)17-8-3-2-4-9-17/h2-6,8-10,12,15H,7,11,13,16,27H2,1H3,(H,28,32). The number of hydrogen-bond acceptors (Lipinski definition) is 6. The van der Waals surface area contributed by atoms with E-state index in [1.165, 1.54) is 7.11 Å². The fraction of sp³-hybridized carbons (Fsp3) is 0.200. The van der Waals surface area contributed by atoms with E-state index in [0.717, 1.165) is 16.6 Å². The van der Waals surface area contributed by atoms with Gasteiger partial charge in [0.25, 0.3) is 0 Å². The number of anilines is 1. The summed E-state index contributed by atoms with van der Waals surface area (Å²) in [5.74, 6) is -0.335. The molecule has 2 heterocycles. The van der Waals surface area contributed by atoms with Crippen molar-refractivity contribution < 1.29 is 14.3 Å². The molecular weight excluding hydrogens is 432 g/mol. The van der Waals surface area contributed by atoms with Crippen LogP contribution in [-0.2, 0) is 22.5 Å². The molecule has 0 atom stereocenters. The van der Waals surface area contributed by atoms with Crippen molar-refractivity contribution in [2.45, 2.75) is 19.4 Å². The van der Waals surface area contributed by atoms with Gasteiger partial charge in [-0.15, -0.1) is 0 Å². The lowest BCUT2D eigenvalue weighted by atomic mass is 10.1. The van der Waals surface area contributed by atoms with Crippen molar-refractivity contribution in [3.63, 3.8) is 0 Å². The molecule has 0 unspecified atom stereocenters. The second-order valence-electron chi connectivity index (χ2n) is 7.70. The molecule has 0 aliphatic heterocycles. The van der Waals surface area contributed by atoms with Crippen molar-refractivity contribution >= 4 is 28.6 Å². The Morgan fingerprint density at radius 2 is 1.88 bits per heavy atom. The predicted octanol–water partition coefficient (Wildman–Crippen LogP) is 2.82. The molecule has 1 amide bonds. The van der Waals surface area contributed by atoms with Gasteiger partial charge in [0, 0.05) is 23.6 Å². The van der Waals surface area contributed by atoms with Crippen molar-refractivity contribution in [3.05, 3.63) is 77.6 Å². The van der Waals surface area contributed by atoms with Crippen LogP contribution < -0.4 is 11.1 Å². The minimum atomic E-state index is -0.446. The normalized spacial score (nSPS) is 10.7. The summed E-state index contributed by atoms with van der Waals surface area (Å²) in [5.41, 5.74) is 9.06. The second kappa shape index (κ2) is 9.92. The number of nitrogens with zero attached hydrogens (tertiary/aromatic N) is 4. The smallest absolute Gasteiger partial charge is 0.340 e. The number of nitriles is 1. The van der Waals surface area contributed by atoms with Crippen molar-refractivity contribution in [1.82, 2.24) is 19.7 Å². The molecule has 34 heavy (non-hydrogen) atoms. The number of amides is 1. The van der Waals surface area contributed by atoms with Gasteiger partial charge >= 0.3 is 5.97 Å². The molecule has 0 saturated carbocycles. The fourth-order valence-electron chi connectivity index (χ4n) is 3.89. The van der Waals surface area contributed by atoms with Crippen LogP contribution in [0.3, 0.4) is 0 Å². The van der Waals surface area contributed by atoms with Crippen LogP contribution in [0.5, 0.6) is 0 Å². The summed E-state index contributed by atoms with van der Waals surface area (Å²) in [4.78, 5) is 24.6. The van der Waals surface area contributed by atoms with Crippen LogP contribution in [-0.4, -0.2) is 39.9 Å². The minimum absolute atomic E-state index is 0.0660. The third-order valence-electron chi connectivity index (χ3n) is 5.53. The number of ether oxygens (including phenoxy) is 1. The summed E-state index contributed by atoms with van der Waals surface area (Å²) in [6.07, 6.45) is 2.71. The largest absolute Gasteiger partial charge is 0.465 e. The van der Waals surface area contributed by atoms with Gasteiger partial charge in [-0.25, -0.2) is 9.48 Å². The van der Waals surface area contributed by atoms with Gasteiger partial charge in [0.1, 0.15) is 24.0 Å². The highest BCUT2D eigenvalue weighted by atomic mass is 16.5. The van der Waals surface area contributed by atoms with E-state index in [2.05, 4.69) is 16.5 Å². The third-order valence-corrected chi connectivity index (χ3v) is 5.53. The quantitative estimate of drug-likeness (QED) is 0.310. The Morgan fingerprint density at radius 1 is 1.15 bits per heavy atom. The molecule has 4 aromatic rings. The number of nitrogens with two attached hydrogens (primary N) is 1. The highest BCUT2D eigenvalue weighted by Crippen LogP contribution is 2.23. The minimum Gasteiger partial charge on any atom is -0.465 e. The van der Waals surface area contributed by atoms with Gasteiger partial charge in [0.05, 0.1) is 24.1 Å². The summed E-state index contributed by atoms with van der Waals surface area (Å²) in [6, 6.07) is 18.9. The van der Waals surface area contributed by atoms with Gasteiger partial charge in [0.2, 0.25) is 5.91 Å². The first-order valence-electron chi connectivity index (χ1n) is 10.8. The SMILES string of the molecule is COC(=O)c1cn(CC(=O)NCCCc2nn(-c3ccccc3)c(N)c2C#N)c2ccccc12. The zero-order valence-corrected chi connectivity index (χ0v) is 18.7. The molecule has 0 radical (unpaired) electrons. The number of hydrogen-bond donors (Lipinski definition) is 2. The summed E-state index contributed by atoms with van der Waals surface area (Å²) >= 11 is 0. The van der Waals surface area contributed by atoms with Gasteiger partial charge in [-0.3, -0.25) is 4.79 Å². The predicted molar refractivity (Wildman–Crippen MR) is 127 cm³/mol. The summed E-state index contributed by atoms with van der Waals surface area (Å²) in [6.45, 7) is 0.474. The van der Waals surface area contributed by atoms with Crippen LogP contribution in [0.15, 0.2) is 60.8 Å². The number of aromatic nitrogens is 3. The molecule has 172 valence electrons. The summed E-state index contributed by atoms with van der Waals surface area (Å²) < 4.78 is 8.14. The van der Waals surface area contributed by atoms with Crippen LogP contribution in [0.1, 0.15) is 28.0 Å². The Labute approximate surface area is 196 Å². The van der Waals surface area contributed by atoms with E-state index >= 15 is 0 Å². The maximum atomic E-state index is 12.5. The van der Waals surface area contributed by atoms with Gasteiger partial charge < -0.3 is 20.4 Å². The number of carbonyl (C=O) groups excluding carboxylic acids is 2. The van der Waals surface area contributed by atoms with Gasteiger partial charge in [-0.05, 0) is 31.0 Å². The summed E-state index contributed by atoms with van der Waals surface area (Å²) in [7, 11) is 1.33. The number of para-hydroxylation sites is 2. The highest BCUT2D eigenvalue weighted by Gasteiger charge is 2.18. The third kappa shape index (κ3) is 4.47. The monoisotopic (exact) mass is 456 g/mol. The van der Waals surface area contributed by atoms with E-state index in [-0.39, 0.29) is 12.5 Å². The van der Waals surface area contributed by atoms with E-state index in [1.54, 1.807) is 15.4 Å². The Bertz CT molecular complexity index is 1380. The van der Waals surface area contributed by atoms with Crippen molar-refractivity contribution in [3.8, 4) is 11.8 Å². The number of benzene rings is 2. The molecule has 0 spiro atoms. The van der Waals surface area contributed by atoms with Gasteiger partial charge in [0.15, 0.2) is 0 Å². The molecule has 0 saturated heterocycles. The lowest BCUT2D eigenvalue weighted by molar-refractivity contribution is -0.121. The molecule has 3 N–H and O–H groups in total. The molecular formula is C25H24N6O3. The topological polar surface area (TPSA) is 128 Å². The van der Waals surface area contributed by atoms with Crippen LogP contribution in [0.25, 0.3) is 16.6 Å². The second-order valence-corrected chi connectivity index (χ2v) is 7.70. The van der Waals surface area contributed by atoms with Gasteiger partial charge in [-0.2, -0.15) is 10.4 Å². The molecule has 4 rings (SSSR count). The lowest BCUT2D eigenvalue weighted by Gasteiger charge is -2.07. The zero-order chi connectivity index (χ0) is 24.1. The Morgan fingerprint density at radius 3 is 2.62 bits per heavy atom. The first-order chi connectivity index (χ1) is 16.5. The molecule has 0 bridgehead atoms. The number of nitrogen functional groups attached to an aromatic ring is 1. The highest BCUT2D eigenvalue weighted by molar-refractivity contribution is 6.04. The van der Waals surface area contributed by atoms with E-state index in [9.17, 15) is 14.9 Å². The van der Waals surface area contributed by atoms with E-state index in [0.29, 0.717) is 42.0 Å². The number of methoxy groups -OCH3 is 1. The first-order valence-corrected chi connectivity index (χ1v) is 10.8. The van der Waals surface area contributed by atoms with Crippen molar-refractivity contribution in [2.75, 3.05) is 19.4 Å². The number of rotatable bonds is 8. The number of carbonyl (C=O) groups is 2.